The molecule has 6 nitrogen and oxygen atoms in total. The molecule has 0 atom stereocenters. The molecule has 23 aromatic rings. The van der Waals surface area contributed by atoms with Gasteiger partial charge in [-0.1, -0.05) is 352 Å². The van der Waals surface area contributed by atoms with E-state index in [0.717, 1.165) is 106 Å². The summed E-state index contributed by atoms with van der Waals surface area (Å²) in [5.74, 6) is 1.38. The Hall–Kier alpha value is -14.8. The molecule has 0 aliphatic rings. The molecule has 0 aliphatic carbocycles. The van der Waals surface area contributed by atoms with Crippen LogP contribution < -0.4 is 0 Å². The third kappa shape index (κ3) is 12.2. The smallest absolute Gasteiger partial charge is 0.160 e. The van der Waals surface area contributed by atoms with Crippen LogP contribution in [0.3, 0.4) is 0 Å². The van der Waals surface area contributed by atoms with Crippen LogP contribution in [0, 0.1) is 0 Å². The van der Waals surface area contributed by atoms with E-state index in [9.17, 15) is 0 Å². The Bertz CT molecular complexity index is 7720. The third-order valence-electron chi connectivity index (χ3n) is 22.6. The lowest BCUT2D eigenvalue weighted by Gasteiger charge is -2.15. The van der Waals surface area contributed by atoms with Crippen molar-refractivity contribution in [2.45, 2.75) is 0 Å². The molecule has 0 amide bonds. The quantitative estimate of drug-likeness (QED) is 0.120. The van der Waals surface area contributed by atoms with Crippen LogP contribution in [0.2, 0.25) is 0 Å². The summed E-state index contributed by atoms with van der Waals surface area (Å²) >= 11 is 3.69. The van der Waals surface area contributed by atoms with Gasteiger partial charge in [-0.15, -0.1) is 22.7 Å². The number of aromatic nitrogens is 6. The van der Waals surface area contributed by atoms with Gasteiger partial charge in [0.25, 0.3) is 0 Å². The van der Waals surface area contributed by atoms with Crippen molar-refractivity contribution in [3.05, 3.63) is 400 Å². The van der Waals surface area contributed by atoms with E-state index >= 15 is 0 Å². The number of thiophene rings is 2. The molecule has 0 spiro atoms. The maximum Gasteiger partial charge on any atom is 0.160 e. The van der Waals surface area contributed by atoms with E-state index in [1.54, 1.807) is 0 Å². The predicted octanol–water partition coefficient (Wildman–Crippen LogP) is 29.7. The molecule has 0 radical (unpaired) electrons. The summed E-state index contributed by atoms with van der Waals surface area (Å²) in [4.78, 5) is 31.6. The lowest BCUT2D eigenvalue weighted by molar-refractivity contribution is 1.18. The first-order chi connectivity index (χ1) is 57.5. The largest absolute Gasteiger partial charge is 0.247 e. The van der Waals surface area contributed by atoms with Crippen LogP contribution in [0.4, 0.5) is 0 Å². The summed E-state index contributed by atoms with van der Waals surface area (Å²) in [7, 11) is 0. The van der Waals surface area contributed by atoms with Crippen molar-refractivity contribution >= 4 is 128 Å². The highest BCUT2D eigenvalue weighted by molar-refractivity contribution is 7.27. The van der Waals surface area contributed by atoms with Crippen LogP contribution in [0.1, 0.15) is 0 Å². The van der Waals surface area contributed by atoms with E-state index in [0.29, 0.717) is 11.6 Å². The lowest BCUT2D eigenvalue weighted by Crippen LogP contribution is -1.96. The Morgan fingerprint density at radius 2 is 0.543 bits per heavy atom. The molecule has 116 heavy (non-hydrogen) atoms. The van der Waals surface area contributed by atoms with Gasteiger partial charge in [0.05, 0.1) is 45.2 Å². The highest BCUT2D eigenvalue weighted by Gasteiger charge is 2.24. The van der Waals surface area contributed by atoms with Gasteiger partial charge >= 0.3 is 0 Å². The average molecular weight is 1510 g/mol. The second-order valence-corrected chi connectivity index (χ2v) is 31.6. The monoisotopic (exact) mass is 1510 g/mol. The first-order valence-electron chi connectivity index (χ1n) is 39.1. The van der Waals surface area contributed by atoms with Gasteiger partial charge in [-0.2, -0.15) is 0 Å². The molecule has 17 aromatic carbocycles. The zero-order valence-electron chi connectivity index (χ0n) is 62.6. The van der Waals surface area contributed by atoms with Gasteiger partial charge < -0.3 is 0 Å². The van der Waals surface area contributed by atoms with Crippen LogP contribution in [0.5, 0.6) is 0 Å². The lowest BCUT2D eigenvalue weighted by atomic mass is 9.92. The standard InChI is InChI=1S/C57H35N3S.C51H31N3S/c1-3-14-36(15-4-1)37-26-30-39(31-27-37)50-35-51(60-57(59-50)41-16-5-2-6-17-41)40-32-28-38(29-33-40)44-23-13-24-49-53(44)56-54(47-22-11-12-25-52(47)61-56)55(58-49)48-34-42-18-7-8-19-43(42)45-20-9-10-21-46(45)48;1-3-13-33(14-4-1)44-31-45(34-15-5-2-6-16-34)54-51(53-44)37-27-28-41-46(30-37)52-49(48-42-21-11-12-22-47(42)55-50(41)48)35-25-23-32(24-26-35)43-29-36-17-7-8-18-38(36)39-19-9-10-20-40(39)43/h1-35H;1-31H. The summed E-state index contributed by atoms with van der Waals surface area (Å²) in [6, 6.07) is 142. The zero-order valence-corrected chi connectivity index (χ0v) is 64.2. The van der Waals surface area contributed by atoms with Crippen LogP contribution in [-0.4, -0.2) is 29.9 Å². The van der Waals surface area contributed by atoms with Gasteiger partial charge in [0.1, 0.15) is 0 Å². The molecule has 23 rings (SSSR count). The van der Waals surface area contributed by atoms with Gasteiger partial charge in [-0.3, -0.25) is 0 Å². The minimum Gasteiger partial charge on any atom is -0.247 e. The molecule has 0 N–H and O–H groups in total. The average Bonchev–Trinajstić information content (AvgIpc) is 1.46. The number of nitrogens with zero attached hydrogens (tertiary/aromatic N) is 6. The van der Waals surface area contributed by atoms with Gasteiger partial charge in [0.2, 0.25) is 0 Å². The zero-order chi connectivity index (χ0) is 76.6. The second kappa shape index (κ2) is 28.7. The van der Waals surface area contributed by atoms with Gasteiger partial charge in [-0.05, 0) is 125 Å². The summed E-state index contributed by atoms with van der Waals surface area (Å²) in [5.41, 5.74) is 22.9. The molecular weight excluding hydrogens is 1450 g/mol. The summed E-state index contributed by atoms with van der Waals surface area (Å²) in [6.45, 7) is 0. The summed E-state index contributed by atoms with van der Waals surface area (Å²) in [5, 5.41) is 17.1. The van der Waals surface area contributed by atoms with Crippen molar-refractivity contribution in [3.63, 3.8) is 0 Å². The Morgan fingerprint density at radius 3 is 1.09 bits per heavy atom. The van der Waals surface area contributed by atoms with Crippen LogP contribution >= 0.6 is 22.7 Å². The molecule has 540 valence electrons. The number of rotatable bonds is 11. The molecule has 0 unspecified atom stereocenters. The fourth-order valence-corrected chi connectivity index (χ4v) is 19.4. The Morgan fingerprint density at radius 1 is 0.172 bits per heavy atom. The van der Waals surface area contributed by atoms with Crippen LogP contribution in [0.15, 0.2) is 400 Å². The number of fused-ring (bicyclic) bond motifs is 16. The van der Waals surface area contributed by atoms with Crippen molar-refractivity contribution in [2.24, 2.45) is 0 Å². The number of hydrogen-bond donors (Lipinski definition) is 0. The van der Waals surface area contributed by atoms with E-state index in [1.807, 2.05) is 83.3 Å². The van der Waals surface area contributed by atoms with Crippen molar-refractivity contribution < 1.29 is 0 Å². The van der Waals surface area contributed by atoms with Crippen molar-refractivity contribution in [3.8, 4) is 124 Å². The fourth-order valence-electron chi connectivity index (χ4n) is 16.9. The molecule has 8 heteroatoms. The molecule has 0 fully saturated rings. The minimum absolute atomic E-state index is 0.675. The Kier molecular flexibility index (Phi) is 16.9. The third-order valence-corrected chi connectivity index (χ3v) is 25.0. The summed E-state index contributed by atoms with van der Waals surface area (Å²) < 4.78 is 5.00. The molecule has 0 bridgehead atoms. The van der Waals surface area contributed by atoms with Gasteiger partial charge in [0, 0.05) is 95.6 Å². The number of pyridine rings is 2. The normalized spacial score (nSPS) is 11.6. The Labute approximate surface area is 677 Å². The molecule has 0 aliphatic heterocycles. The molecular formula is C108H66N6S2. The van der Waals surface area contributed by atoms with E-state index < -0.39 is 0 Å². The molecule has 0 saturated heterocycles. The highest BCUT2D eigenvalue weighted by atomic mass is 32.1. The molecule has 0 saturated carbocycles. The molecule has 6 heterocycles. The maximum absolute atomic E-state index is 5.59. The first kappa shape index (κ1) is 68.0. The first-order valence-corrected chi connectivity index (χ1v) is 40.7. The van der Waals surface area contributed by atoms with E-state index in [-0.39, 0.29) is 0 Å². The molecule has 6 aromatic heterocycles. The van der Waals surface area contributed by atoms with E-state index in [1.165, 1.54) is 111 Å². The van der Waals surface area contributed by atoms with Crippen molar-refractivity contribution in [1.29, 1.82) is 0 Å². The van der Waals surface area contributed by atoms with Crippen molar-refractivity contribution in [1.82, 2.24) is 29.9 Å². The van der Waals surface area contributed by atoms with Gasteiger partial charge in [0.15, 0.2) is 11.6 Å². The topological polar surface area (TPSA) is 77.3 Å². The minimum atomic E-state index is 0.675. The Balaban J connectivity index is 0.000000141. The summed E-state index contributed by atoms with van der Waals surface area (Å²) in [6.07, 6.45) is 0. The van der Waals surface area contributed by atoms with Crippen LogP contribution in [0.25, 0.3) is 229 Å². The van der Waals surface area contributed by atoms with Crippen molar-refractivity contribution in [2.75, 3.05) is 0 Å². The predicted molar refractivity (Wildman–Crippen MR) is 490 cm³/mol. The second-order valence-electron chi connectivity index (χ2n) is 29.5. The van der Waals surface area contributed by atoms with Crippen LogP contribution in [-0.2, 0) is 0 Å². The number of benzene rings is 17. The van der Waals surface area contributed by atoms with E-state index in [2.05, 4.69) is 340 Å². The highest BCUT2D eigenvalue weighted by Crippen LogP contribution is 2.49. The van der Waals surface area contributed by atoms with Gasteiger partial charge in [-0.25, -0.2) is 29.9 Å². The SMILES string of the molecule is c1ccc(-c2cc(-c3ccccc3)nc(-c3ccc4c(c3)nc(-c3ccc(-c5cc6ccccc6c6ccccc56)cc3)c3c5ccccc5sc43)n2)cc1.c1ccc(-c2ccc(-c3cc(-c4ccc(-c5cccc6nc(-c7cc8ccccc8c8ccccc78)c7c8ccccc8sc7c56)cc4)nc(-c4ccccc4)n3)cc2)cc1. The fraction of sp³-hybridized carbons (Fsp3) is 0. The van der Waals surface area contributed by atoms with E-state index in [4.69, 9.17) is 29.9 Å². The maximum atomic E-state index is 5.59. The number of hydrogen-bond acceptors (Lipinski definition) is 8.